The van der Waals surface area contributed by atoms with Crippen LogP contribution in [0.4, 0.5) is 10.1 Å². The fourth-order valence-electron chi connectivity index (χ4n) is 3.06. The van der Waals surface area contributed by atoms with Gasteiger partial charge in [-0.15, -0.1) is 0 Å². The summed E-state index contributed by atoms with van der Waals surface area (Å²) in [5.74, 6) is -4.26. The van der Waals surface area contributed by atoms with Gasteiger partial charge in [-0.2, -0.15) is 0 Å². The lowest BCUT2D eigenvalue weighted by Crippen LogP contribution is -2.55. The van der Waals surface area contributed by atoms with Gasteiger partial charge in [0.05, 0.1) is 6.61 Å². The molecule has 2 aliphatic heterocycles. The van der Waals surface area contributed by atoms with Crippen LogP contribution in [0.25, 0.3) is 0 Å². The summed E-state index contributed by atoms with van der Waals surface area (Å²) in [5, 5.41) is 9.27. The molecule has 2 amide bonds. The van der Waals surface area contributed by atoms with E-state index >= 15 is 0 Å². The number of amides is 2. The van der Waals surface area contributed by atoms with Crippen molar-refractivity contribution in [3.05, 3.63) is 29.6 Å². The van der Waals surface area contributed by atoms with Crippen LogP contribution in [0.15, 0.2) is 18.2 Å². The van der Waals surface area contributed by atoms with Crippen molar-refractivity contribution in [1.82, 2.24) is 4.90 Å². The Balaban J connectivity index is 1.87. The van der Waals surface area contributed by atoms with Gasteiger partial charge in [0.25, 0.3) is 11.8 Å². The second-order valence-corrected chi connectivity index (χ2v) is 6.49. The first-order valence-corrected chi connectivity index (χ1v) is 8.71. The molecule has 9 nitrogen and oxygen atoms in total. The van der Waals surface area contributed by atoms with E-state index in [0.717, 1.165) is 30.4 Å². The summed E-state index contributed by atoms with van der Waals surface area (Å²) in [6.07, 6.45) is -2.53. The number of halogens is 1. The number of ether oxygens (including phenoxy) is 2. The Morgan fingerprint density at radius 1 is 1.25 bits per heavy atom. The number of anilines is 1. The minimum atomic E-state index is -1.83. The molecular formula is C18H19FN2O7. The van der Waals surface area contributed by atoms with Crippen LogP contribution in [-0.2, 0) is 23.9 Å². The predicted molar refractivity (Wildman–Crippen MR) is 92.2 cm³/mol. The monoisotopic (exact) mass is 394 g/mol. The van der Waals surface area contributed by atoms with Gasteiger partial charge in [0.1, 0.15) is 5.82 Å². The molecule has 150 valence electrons. The van der Waals surface area contributed by atoms with E-state index < -0.39 is 35.9 Å². The highest BCUT2D eigenvalue weighted by atomic mass is 19.1. The molecule has 2 aliphatic rings. The molecule has 2 atom stereocenters. The number of morpholine rings is 1. The molecule has 10 heteroatoms. The number of hydrogen-bond acceptors (Lipinski definition) is 6. The Kier molecular flexibility index (Phi) is 5.59. The topological polar surface area (TPSA) is 113 Å². The van der Waals surface area contributed by atoms with Crippen LogP contribution in [0.3, 0.4) is 0 Å². The summed E-state index contributed by atoms with van der Waals surface area (Å²) < 4.78 is 24.0. The average molecular weight is 394 g/mol. The van der Waals surface area contributed by atoms with Crippen molar-refractivity contribution in [1.29, 1.82) is 0 Å². The summed E-state index contributed by atoms with van der Waals surface area (Å²) in [6.45, 7) is 2.18. The number of carbonyl (C=O) groups is 4. The largest absolute Gasteiger partial charge is 0.478 e. The average Bonchev–Trinajstić information content (AvgIpc) is 2.57. The van der Waals surface area contributed by atoms with E-state index in [-0.39, 0.29) is 30.3 Å². The number of carboxylic acid groups (broad SMARTS) is 1. The number of esters is 1. The molecule has 1 aromatic rings. The highest BCUT2D eigenvalue weighted by Gasteiger charge is 2.42. The number of likely N-dealkylation sites (tertiary alicyclic amines) is 1. The van der Waals surface area contributed by atoms with E-state index in [1.165, 1.54) is 6.07 Å². The first kappa shape index (κ1) is 19.7. The summed E-state index contributed by atoms with van der Waals surface area (Å²) in [6, 6.07) is 3.55. The summed E-state index contributed by atoms with van der Waals surface area (Å²) >= 11 is 0. The highest BCUT2D eigenvalue weighted by Crippen LogP contribution is 2.25. The van der Waals surface area contributed by atoms with Gasteiger partial charge < -0.3 is 24.4 Å². The zero-order valence-corrected chi connectivity index (χ0v) is 15.1. The van der Waals surface area contributed by atoms with Crippen molar-refractivity contribution in [2.75, 3.05) is 31.1 Å². The zero-order chi connectivity index (χ0) is 20.4. The van der Waals surface area contributed by atoms with Crippen LogP contribution in [-0.4, -0.2) is 72.2 Å². The van der Waals surface area contributed by atoms with Gasteiger partial charge >= 0.3 is 11.9 Å². The van der Waals surface area contributed by atoms with E-state index in [1.54, 1.807) is 4.90 Å². The normalized spacial score (nSPS) is 20.4. The number of rotatable bonds is 5. The Morgan fingerprint density at radius 3 is 2.54 bits per heavy atom. The van der Waals surface area contributed by atoms with Gasteiger partial charge in [-0.3, -0.25) is 14.4 Å². The van der Waals surface area contributed by atoms with Crippen LogP contribution in [0, 0.1) is 5.82 Å². The lowest BCUT2D eigenvalue weighted by Gasteiger charge is -2.35. The minimum absolute atomic E-state index is 0.0303. The van der Waals surface area contributed by atoms with Gasteiger partial charge in [-0.1, -0.05) is 0 Å². The molecule has 2 fully saturated rings. The maximum atomic E-state index is 14.1. The van der Waals surface area contributed by atoms with Crippen LogP contribution < -0.4 is 4.90 Å². The first-order chi connectivity index (χ1) is 13.3. The molecule has 0 radical (unpaired) electrons. The SMILES string of the molecule is CC(=O)O[C@@H](C(=O)O)[C@H]1OCCN(c2cc(F)cc(C(=O)N3CCC3)c2)C1=O. The van der Waals surface area contributed by atoms with E-state index in [0.29, 0.717) is 13.1 Å². The molecule has 0 bridgehead atoms. The number of aliphatic carboxylic acids is 1. The number of carbonyl (C=O) groups excluding carboxylic acids is 3. The van der Waals surface area contributed by atoms with Gasteiger partial charge in [0.15, 0.2) is 6.10 Å². The van der Waals surface area contributed by atoms with Gasteiger partial charge in [0, 0.05) is 37.8 Å². The van der Waals surface area contributed by atoms with E-state index in [4.69, 9.17) is 9.47 Å². The van der Waals surface area contributed by atoms with Crippen molar-refractivity contribution in [3.63, 3.8) is 0 Å². The first-order valence-electron chi connectivity index (χ1n) is 8.71. The number of nitrogens with zero attached hydrogens (tertiary/aromatic N) is 2. The molecular weight excluding hydrogens is 375 g/mol. The maximum absolute atomic E-state index is 14.1. The molecule has 2 saturated heterocycles. The quantitative estimate of drug-likeness (QED) is 0.720. The smallest absolute Gasteiger partial charge is 0.348 e. The molecule has 28 heavy (non-hydrogen) atoms. The molecule has 0 saturated carbocycles. The predicted octanol–water partition coefficient (Wildman–Crippen LogP) is 0.420. The third kappa shape index (κ3) is 3.96. The van der Waals surface area contributed by atoms with Crippen LogP contribution in [0.1, 0.15) is 23.7 Å². The summed E-state index contributed by atoms with van der Waals surface area (Å²) in [4.78, 5) is 50.4. The third-order valence-electron chi connectivity index (χ3n) is 4.52. The number of hydrogen-bond donors (Lipinski definition) is 1. The molecule has 3 rings (SSSR count). The molecule has 0 aliphatic carbocycles. The molecule has 1 N–H and O–H groups in total. The number of benzene rings is 1. The van der Waals surface area contributed by atoms with Gasteiger partial charge in [0.2, 0.25) is 6.10 Å². The third-order valence-corrected chi connectivity index (χ3v) is 4.52. The Hall–Kier alpha value is -3.01. The standard InChI is InChI=1S/C18H19FN2O7/c1-10(22)28-15(18(25)26)14-17(24)21(5-6-27-14)13-8-11(7-12(19)9-13)16(23)20-3-2-4-20/h7-9,14-15H,2-6H2,1H3,(H,25,26)/t14-,15-/m1/s1. The second-order valence-electron chi connectivity index (χ2n) is 6.49. The van der Waals surface area contributed by atoms with Crippen molar-refractivity contribution < 1.29 is 38.1 Å². The summed E-state index contributed by atoms with van der Waals surface area (Å²) in [7, 11) is 0. The van der Waals surface area contributed by atoms with E-state index in [2.05, 4.69) is 0 Å². The van der Waals surface area contributed by atoms with Crippen LogP contribution in [0.5, 0.6) is 0 Å². The van der Waals surface area contributed by atoms with Crippen molar-refractivity contribution >= 4 is 29.4 Å². The lowest BCUT2D eigenvalue weighted by molar-refractivity contribution is -0.177. The minimum Gasteiger partial charge on any atom is -0.478 e. The van der Waals surface area contributed by atoms with Crippen molar-refractivity contribution in [3.8, 4) is 0 Å². The van der Waals surface area contributed by atoms with E-state index in [9.17, 15) is 28.7 Å². The van der Waals surface area contributed by atoms with E-state index in [1.807, 2.05) is 0 Å². The second kappa shape index (κ2) is 7.93. The lowest BCUT2D eigenvalue weighted by atomic mass is 10.1. The highest BCUT2D eigenvalue weighted by molar-refractivity contribution is 6.02. The molecule has 0 spiro atoms. The number of carboxylic acids is 1. The Bertz CT molecular complexity index is 824. The molecule has 2 heterocycles. The fraction of sp³-hybridized carbons (Fsp3) is 0.444. The van der Waals surface area contributed by atoms with Crippen molar-refractivity contribution in [2.24, 2.45) is 0 Å². The molecule has 1 aromatic carbocycles. The van der Waals surface area contributed by atoms with Gasteiger partial charge in [-0.05, 0) is 24.6 Å². The Labute approximate surface area is 159 Å². The maximum Gasteiger partial charge on any atom is 0.348 e. The molecule has 0 aromatic heterocycles. The van der Waals surface area contributed by atoms with Crippen LogP contribution in [0.2, 0.25) is 0 Å². The summed E-state index contributed by atoms with van der Waals surface area (Å²) in [5.41, 5.74) is 0.203. The van der Waals surface area contributed by atoms with Gasteiger partial charge in [-0.25, -0.2) is 9.18 Å². The Morgan fingerprint density at radius 2 is 1.96 bits per heavy atom. The van der Waals surface area contributed by atoms with Crippen molar-refractivity contribution in [2.45, 2.75) is 25.6 Å². The molecule has 0 unspecified atom stereocenters. The van der Waals surface area contributed by atoms with Crippen LogP contribution >= 0.6 is 0 Å². The zero-order valence-electron chi connectivity index (χ0n) is 15.1. The fourth-order valence-corrected chi connectivity index (χ4v) is 3.06.